The molecule has 1 atom stereocenters. The van der Waals surface area contributed by atoms with E-state index in [4.69, 9.17) is 10.00 Å². The lowest BCUT2D eigenvalue weighted by Gasteiger charge is -2.29. The van der Waals surface area contributed by atoms with Crippen molar-refractivity contribution < 1.29 is 18.3 Å². The third kappa shape index (κ3) is 4.61. The molecule has 0 aliphatic heterocycles. The number of nitriles is 1. The molecule has 4 nitrogen and oxygen atoms in total. The molecule has 0 bridgehead atoms. The van der Waals surface area contributed by atoms with Crippen LogP contribution >= 0.6 is 0 Å². The third-order valence-electron chi connectivity index (χ3n) is 3.80. The maximum absolute atomic E-state index is 14.0. The van der Waals surface area contributed by atoms with Crippen molar-refractivity contribution in [3.8, 4) is 6.07 Å². The Hall–Kier alpha value is -2.78. The third-order valence-corrected chi connectivity index (χ3v) is 3.80. The van der Waals surface area contributed by atoms with Crippen molar-refractivity contribution in [1.29, 1.82) is 5.26 Å². The second-order valence-electron chi connectivity index (χ2n) is 5.67. The second-order valence-corrected chi connectivity index (χ2v) is 5.67. The molecule has 0 heterocycles. The molecule has 0 aliphatic carbocycles. The molecule has 0 spiro atoms. The summed E-state index contributed by atoms with van der Waals surface area (Å²) in [5.41, 5.74) is 0.886. The molecule has 0 saturated heterocycles. The van der Waals surface area contributed by atoms with Crippen LogP contribution in [-0.2, 0) is 11.3 Å². The lowest BCUT2D eigenvalue weighted by Crippen LogP contribution is -2.40. The van der Waals surface area contributed by atoms with Gasteiger partial charge in [-0.05, 0) is 31.2 Å². The Balaban J connectivity index is 2.34. The molecule has 0 aromatic heterocycles. The maximum Gasteiger partial charge on any atom is 0.254 e. The van der Waals surface area contributed by atoms with Crippen LogP contribution in [0.1, 0.15) is 28.4 Å². The molecule has 0 N–H and O–H groups in total. The topological polar surface area (TPSA) is 53.3 Å². The maximum atomic E-state index is 14.0. The quantitative estimate of drug-likeness (QED) is 0.806. The van der Waals surface area contributed by atoms with E-state index in [2.05, 4.69) is 0 Å². The van der Waals surface area contributed by atoms with Gasteiger partial charge >= 0.3 is 0 Å². The minimum atomic E-state index is -0.715. The summed E-state index contributed by atoms with van der Waals surface area (Å²) < 4.78 is 32.2. The zero-order valence-electron chi connectivity index (χ0n) is 14.0. The first kappa shape index (κ1) is 18.6. The molecule has 0 aliphatic rings. The normalized spacial score (nSPS) is 11.6. The van der Waals surface area contributed by atoms with Gasteiger partial charge in [0.2, 0.25) is 0 Å². The summed E-state index contributed by atoms with van der Waals surface area (Å²) in [6, 6.07) is 11.2. The number of nitrogens with zero attached hydrogens (tertiary/aromatic N) is 2. The Morgan fingerprint density at radius 1 is 1.28 bits per heavy atom. The standard InChI is InChI=1S/C19H18F2N2O2/c1-13(12-25-2)23(11-16-6-7-17(20)9-18(16)21)19(24)15-5-3-4-14(8-15)10-22/h3-9,13H,11-12H2,1-2H3. The van der Waals surface area contributed by atoms with Crippen molar-refractivity contribution >= 4 is 5.91 Å². The van der Waals surface area contributed by atoms with Crippen molar-refractivity contribution in [3.05, 3.63) is 70.8 Å². The fourth-order valence-electron chi connectivity index (χ4n) is 2.48. The molecule has 25 heavy (non-hydrogen) atoms. The number of methoxy groups -OCH3 is 1. The van der Waals surface area contributed by atoms with E-state index in [0.29, 0.717) is 11.1 Å². The van der Waals surface area contributed by atoms with Gasteiger partial charge in [-0.25, -0.2) is 8.78 Å². The summed E-state index contributed by atoms with van der Waals surface area (Å²) in [5, 5.41) is 8.99. The van der Waals surface area contributed by atoms with Gasteiger partial charge in [-0.15, -0.1) is 0 Å². The number of halogens is 2. The van der Waals surface area contributed by atoms with Gasteiger partial charge in [0, 0.05) is 30.8 Å². The highest BCUT2D eigenvalue weighted by molar-refractivity contribution is 5.94. The monoisotopic (exact) mass is 344 g/mol. The van der Waals surface area contributed by atoms with Crippen LogP contribution in [0.15, 0.2) is 42.5 Å². The van der Waals surface area contributed by atoms with Gasteiger partial charge in [0.1, 0.15) is 11.6 Å². The zero-order valence-corrected chi connectivity index (χ0v) is 14.0. The minimum absolute atomic E-state index is 0.0355. The van der Waals surface area contributed by atoms with Gasteiger partial charge in [0.05, 0.1) is 24.3 Å². The SMILES string of the molecule is COCC(C)N(Cc1ccc(F)cc1F)C(=O)c1cccc(C#N)c1. The molecule has 0 radical (unpaired) electrons. The molecule has 0 saturated carbocycles. The van der Waals surface area contributed by atoms with E-state index in [1.54, 1.807) is 25.1 Å². The molecule has 2 aromatic carbocycles. The lowest BCUT2D eigenvalue weighted by molar-refractivity contribution is 0.0539. The molecular formula is C19H18F2N2O2. The molecule has 2 aromatic rings. The summed E-state index contributed by atoms with van der Waals surface area (Å²) in [4.78, 5) is 14.3. The van der Waals surface area contributed by atoms with Gasteiger partial charge in [0.25, 0.3) is 5.91 Å². The van der Waals surface area contributed by atoms with E-state index in [9.17, 15) is 13.6 Å². The van der Waals surface area contributed by atoms with Crippen molar-refractivity contribution in [2.24, 2.45) is 0 Å². The van der Waals surface area contributed by atoms with Crippen LogP contribution in [0.3, 0.4) is 0 Å². The number of carbonyl (C=O) groups is 1. The van der Waals surface area contributed by atoms with E-state index in [1.807, 2.05) is 6.07 Å². The molecular weight excluding hydrogens is 326 g/mol. The Labute approximate surface area is 145 Å². The van der Waals surface area contributed by atoms with Crippen molar-refractivity contribution in [2.75, 3.05) is 13.7 Å². The Bertz CT molecular complexity index is 802. The van der Waals surface area contributed by atoms with Crippen molar-refractivity contribution in [2.45, 2.75) is 19.5 Å². The molecule has 0 fully saturated rings. The summed E-state index contributed by atoms with van der Waals surface area (Å²) in [6.45, 7) is 2.00. The first-order valence-electron chi connectivity index (χ1n) is 7.70. The van der Waals surface area contributed by atoms with Crippen molar-refractivity contribution in [1.82, 2.24) is 4.90 Å². The van der Waals surface area contributed by atoms with Crippen LogP contribution in [0.4, 0.5) is 8.78 Å². The summed E-state index contributed by atoms with van der Waals surface area (Å²) in [5.74, 6) is -1.75. The summed E-state index contributed by atoms with van der Waals surface area (Å²) in [6.07, 6.45) is 0. The van der Waals surface area contributed by atoms with Gasteiger partial charge < -0.3 is 9.64 Å². The fourth-order valence-corrected chi connectivity index (χ4v) is 2.48. The van der Waals surface area contributed by atoms with Crippen LogP contribution in [0.5, 0.6) is 0 Å². The van der Waals surface area contributed by atoms with E-state index in [0.717, 1.165) is 12.1 Å². The largest absolute Gasteiger partial charge is 0.383 e. The highest BCUT2D eigenvalue weighted by Crippen LogP contribution is 2.18. The molecule has 6 heteroatoms. The highest BCUT2D eigenvalue weighted by Gasteiger charge is 2.23. The first-order chi connectivity index (χ1) is 12.0. The van der Waals surface area contributed by atoms with Crippen LogP contribution in [-0.4, -0.2) is 30.6 Å². The molecule has 130 valence electrons. The predicted molar refractivity (Wildman–Crippen MR) is 88.7 cm³/mol. The van der Waals surface area contributed by atoms with Crippen LogP contribution in [0, 0.1) is 23.0 Å². The van der Waals surface area contributed by atoms with E-state index in [-0.39, 0.29) is 30.7 Å². The van der Waals surface area contributed by atoms with Crippen LogP contribution in [0.2, 0.25) is 0 Å². The molecule has 1 amide bonds. The van der Waals surface area contributed by atoms with Gasteiger partial charge in [-0.1, -0.05) is 12.1 Å². The number of hydrogen-bond acceptors (Lipinski definition) is 3. The fraction of sp³-hybridized carbons (Fsp3) is 0.263. The number of benzene rings is 2. The number of ether oxygens (including phenoxy) is 1. The lowest BCUT2D eigenvalue weighted by atomic mass is 10.1. The first-order valence-corrected chi connectivity index (χ1v) is 7.70. The predicted octanol–water partition coefficient (Wildman–Crippen LogP) is 3.51. The number of rotatable bonds is 6. The van der Waals surface area contributed by atoms with Crippen molar-refractivity contribution in [3.63, 3.8) is 0 Å². The Morgan fingerprint density at radius 3 is 2.68 bits per heavy atom. The number of amides is 1. The zero-order chi connectivity index (χ0) is 18.4. The smallest absolute Gasteiger partial charge is 0.254 e. The number of carbonyl (C=O) groups excluding carboxylic acids is 1. The average molecular weight is 344 g/mol. The average Bonchev–Trinajstić information content (AvgIpc) is 2.60. The summed E-state index contributed by atoms with van der Waals surface area (Å²) >= 11 is 0. The molecule has 2 rings (SSSR count). The Kier molecular flexibility index (Phi) is 6.20. The van der Waals surface area contributed by atoms with E-state index < -0.39 is 11.6 Å². The van der Waals surface area contributed by atoms with Crippen LogP contribution in [0.25, 0.3) is 0 Å². The highest BCUT2D eigenvalue weighted by atomic mass is 19.1. The van der Waals surface area contributed by atoms with Crippen LogP contribution < -0.4 is 0 Å². The van der Waals surface area contributed by atoms with Gasteiger partial charge in [-0.3, -0.25) is 4.79 Å². The Morgan fingerprint density at radius 2 is 2.04 bits per heavy atom. The van der Waals surface area contributed by atoms with Gasteiger partial charge in [-0.2, -0.15) is 5.26 Å². The molecule has 1 unspecified atom stereocenters. The van der Waals surface area contributed by atoms with Gasteiger partial charge in [0.15, 0.2) is 0 Å². The van der Waals surface area contributed by atoms with E-state index in [1.165, 1.54) is 24.1 Å². The van der Waals surface area contributed by atoms with E-state index >= 15 is 0 Å². The number of hydrogen-bond donors (Lipinski definition) is 0. The second kappa shape index (κ2) is 8.36. The summed E-state index contributed by atoms with van der Waals surface area (Å²) in [7, 11) is 1.51. The minimum Gasteiger partial charge on any atom is -0.383 e.